The maximum absolute atomic E-state index is 13.0. The van der Waals surface area contributed by atoms with E-state index in [9.17, 15) is 9.18 Å². The van der Waals surface area contributed by atoms with E-state index in [0.717, 1.165) is 24.3 Å². The van der Waals surface area contributed by atoms with Crippen LogP contribution in [0.15, 0.2) is 48.5 Å². The van der Waals surface area contributed by atoms with E-state index in [1.54, 1.807) is 12.1 Å². The van der Waals surface area contributed by atoms with Crippen molar-refractivity contribution in [3.63, 3.8) is 0 Å². The zero-order chi connectivity index (χ0) is 16.9. The van der Waals surface area contributed by atoms with Gasteiger partial charge in [-0.05, 0) is 43.3 Å². The molecule has 1 aliphatic rings. The highest BCUT2D eigenvalue weighted by Gasteiger charge is 2.21. The van der Waals surface area contributed by atoms with E-state index >= 15 is 0 Å². The van der Waals surface area contributed by atoms with Gasteiger partial charge in [-0.15, -0.1) is 0 Å². The van der Waals surface area contributed by atoms with Crippen molar-refractivity contribution in [2.24, 2.45) is 0 Å². The van der Waals surface area contributed by atoms with Gasteiger partial charge in [0.1, 0.15) is 11.6 Å². The lowest BCUT2D eigenvalue weighted by Crippen LogP contribution is -2.50. The summed E-state index contributed by atoms with van der Waals surface area (Å²) in [5.41, 5.74) is 2.14. The van der Waals surface area contributed by atoms with Gasteiger partial charge in [0.25, 0.3) is 5.91 Å². The number of benzene rings is 2. The number of carbonyl (C=O) groups is 1. The highest BCUT2D eigenvalue weighted by molar-refractivity contribution is 5.78. The molecule has 0 bridgehead atoms. The quantitative estimate of drug-likeness (QED) is 0.865. The van der Waals surface area contributed by atoms with Crippen molar-refractivity contribution in [3.05, 3.63) is 59.9 Å². The zero-order valence-electron chi connectivity index (χ0n) is 13.7. The van der Waals surface area contributed by atoms with E-state index in [0.29, 0.717) is 18.8 Å². The first-order valence-corrected chi connectivity index (χ1v) is 8.09. The molecular weight excluding hydrogens is 307 g/mol. The number of ether oxygens (including phenoxy) is 1. The molecule has 1 amide bonds. The molecule has 24 heavy (non-hydrogen) atoms. The lowest BCUT2D eigenvalue weighted by atomic mass is 10.2. The van der Waals surface area contributed by atoms with Gasteiger partial charge in [0, 0.05) is 31.9 Å². The van der Waals surface area contributed by atoms with Crippen molar-refractivity contribution in [2.75, 3.05) is 37.7 Å². The Morgan fingerprint density at radius 1 is 1.00 bits per heavy atom. The number of carbonyl (C=O) groups excluding carboxylic acids is 1. The summed E-state index contributed by atoms with van der Waals surface area (Å²) in [5.74, 6) is 0.467. The fourth-order valence-corrected chi connectivity index (χ4v) is 2.74. The molecule has 0 radical (unpaired) electrons. The maximum atomic E-state index is 13.0. The molecule has 0 spiro atoms. The molecule has 0 aromatic heterocycles. The standard InChI is InChI=1S/C19H21FN2O2/c1-15-2-8-18(9-3-15)24-14-19(23)22-12-10-21(11-13-22)17-6-4-16(20)5-7-17/h2-9H,10-14H2,1H3. The Hall–Kier alpha value is -2.56. The highest BCUT2D eigenvalue weighted by Crippen LogP contribution is 2.17. The van der Waals surface area contributed by atoms with Crippen molar-refractivity contribution in [1.82, 2.24) is 4.90 Å². The van der Waals surface area contributed by atoms with Crippen LogP contribution < -0.4 is 9.64 Å². The SMILES string of the molecule is Cc1ccc(OCC(=O)N2CCN(c3ccc(F)cc3)CC2)cc1. The lowest BCUT2D eigenvalue weighted by molar-refractivity contribution is -0.133. The molecule has 1 fully saturated rings. The van der Waals surface area contributed by atoms with E-state index in [1.807, 2.05) is 36.1 Å². The third kappa shape index (κ3) is 4.04. The van der Waals surface area contributed by atoms with Crippen LogP contribution in [-0.2, 0) is 4.79 Å². The number of piperazine rings is 1. The van der Waals surface area contributed by atoms with Crippen LogP contribution in [0.1, 0.15) is 5.56 Å². The second kappa shape index (κ2) is 7.34. The molecule has 0 aliphatic carbocycles. The summed E-state index contributed by atoms with van der Waals surface area (Å²) in [5, 5.41) is 0. The summed E-state index contributed by atoms with van der Waals surface area (Å²) >= 11 is 0. The van der Waals surface area contributed by atoms with Crippen molar-refractivity contribution < 1.29 is 13.9 Å². The summed E-state index contributed by atoms with van der Waals surface area (Å²) in [6.45, 7) is 4.83. The van der Waals surface area contributed by atoms with Crippen molar-refractivity contribution in [2.45, 2.75) is 6.92 Å². The first kappa shape index (κ1) is 16.3. The van der Waals surface area contributed by atoms with Gasteiger partial charge in [0.15, 0.2) is 6.61 Å². The van der Waals surface area contributed by atoms with E-state index in [1.165, 1.54) is 12.1 Å². The van der Waals surface area contributed by atoms with Crippen LogP contribution in [0, 0.1) is 12.7 Å². The number of hydrogen-bond acceptors (Lipinski definition) is 3. The average Bonchev–Trinajstić information content (AvgIpc) is 2.62. The molecule has 1 aliphatic heterocycles. The number of halogens is 1. The minimum absolute atomic E-state index is 0.00525. The Labute approximate surface area is 141 Å². The second-order valence-electron chi connectivity index (χ2n) is 5.95. The fourth-order valence-electron chi connectivity index (χ4n) is 2.74. The third-order valence-electron chi connectivity index (χ3n) is 4.21. The number of anilines is 1. The van der Waals surface area contributed by atoms with Gasteiger partial charge in [-0.1, -0.05) is 17.7 Å². The number of hydrogen-bond donors (Lipinski definition) is 0. The van der Waals surface area contributed by atoms with Gasteiger partial charge < -0.3 is 14.5 Å². The van der Waals surface area contributed by atoms with Gasteiger partial charge in [0.2, 0.25) is 0 Å². The molecule has 0 N–H and O–H groups in total. The molecule has 2 aromatic carbocycles. The van der Waals surface area contributed by atoms with Crippen molar-refractivity contribution >= 4 is 11.6 Å². The maximum Gasteiger partial charge on any atom is 0.260 e. The highest BCUT2D eigenvalue weighted by atomic mass is 19.1. The summed E-state index contributed by atoms with van der Waals surface area (Å²) in [6, 6.07) is 14.1. The predicted molar refractivity (Wildman–Crippen MR) is 91.9 cm³/mol. The smallest absolute Gasteiger partial charge is 0.260 e. The Morgan fingerprint density at radius 2 is 1.62 bits per heavy atom. The molecule has 3 rings (SSSR count). The molecule has 126 valence electrons. The second-order valence-corrected chi connectivity index (χ2v) is 5.95. The Morgan fingerprint density at radius 3 is 2.25 bits per heavy atom. The number of amides is 1. The van der Waals surface area contributed by atoms with Crippen LogP contribution >= 0.6 is 0 Å². The summed E-state index contributed by atoms with van der Waals surface area (Å²) < 4.78 is 18.5. The van der Waals surface area contributed by atoms with E-state index in [2.05, 4.69) is 4.90 Å². The first-order valence-electron chi connectivity index (χ1n) is 8.09. The molecular formula is C19H21FN2O2. The molecule has 0 unspecified atom stereocenters. The summed E-state index contributed by atoms with van der Waals surface area (Å²) in [6.07, 6.45) is 0. The molecule has 0 saturated carbocycles. The Kier molecular flexibility index (Phi) is 4.99. The van der Waals surface area contributed by atoms with Gasteiger partial charge in [0.05, 0.1) is 0 Å². The fraction of sp³-hybridized carbons (Fsp3) is 0.316. The normalized spacial score (nSPS) is 14.6. The Bertz CT molecular complexity index is 678. The minimum atomic E-state index is -0.235. The number of aryl methyl sites for hydroxylation is 1. The largest absolute Gasteiger partial charge is 0.484 e. The van der Waals surface area contributed by atoms with Gasteiger partial charge in [-0.3, -0.25) is 4.79 Å². The van der Waals surface area contributed by atoms with Crippen LogP contribution in [0.5, 0.6) is 5.75 Å². The van der Waals surface area contributed by atoms with Crippen LogP contribution in [0.25, 0.3) is 0 Å². The molecule has 2 aromatic rings. The first-order chi connectivity index (χ1) is 11.6. The van der Waals surface area contributed by atoms with Crippen molar-refractivity contribution in [3.8, 4) is 5.75 Å². The predicted octanol–water partition coefficient (Wildman–Crippen LogP) is 2.86. The van der Waals surface area contributed by atoms with Crippen LogP contribution in [0.2, 0.25) is 0 Å². The monoisotopic (exact) mass is 328 g/mol. The van der Waals surface area contributed by atoms with Gasteiger partial charge in [-0.25, -0.2) is 4.39 Å². The molecule has 1 saturated heterocycles. The lowest BCUT2D eigenvalue weighted by Gasteiger charge is -2.36. The zero-order valence-corrected chi connectivity index (χ0v) is 13.7. The topological polar surface area (TPSA) is 32.8 Å². The van der Waals surface area contributed by atoms with Crippen LogP contribution in [0.3, 0.4) is 0 Å². The van der Waals surface area contributed by atoms with E-state index in [-0.39, 0.29) is 18.3 Å². The van der Waals surface area contributed by atoms with Crippen LogP contribution in [-0.4, -0.2) is 43.6 Å². The van der Waals surface area contributed by atoms with E-state index < -0.39 is 0 Å². The molecule has 5 heteroatoms. The average molecular weight is 328 g/mol. The van der Waals surface area contributed by atoms with E-state index in [4.69, 9.17) is 4.74 Å². The molecule has 0 atom stereocenters. The van der Waals surface area contributed by atoms with Gasteiger partial charge in [-0.2, -0.15) is 0 Å². The third-order valence-corrected chi connectivity index (χ3v) is 4.21. The molecule has 4 nitrogen and oxygen atoms in total. The number of nitrogens with zero attached hydrogens (tertiary/aromatic N) is 2. The number of rotatable bonds is 4. The molecule has 1 heterocycles. The summed E-state index contributed by atoms with van der Waals surface area (Å²) in [7, 11) is 0. The Balaban J connectivity index is 1.48. The minimum Gasteiger partial charge on any atom is -0.484 e. The summed E-state index contributed by atoms with van der Waals surface area (Å²) in [4.78, 5) is 16.2. The van der Waals surface area contributed by atoms with Crippen molar-refractivity contribution in [1.29, 1.82) is 0 Å². The van der Waals surface area contributed by atoms with Crippen LogP contribution in [0.4, 0.5) is 10.1 Å². The van der Waals surface area contributed by atoms with Gasteiger partial charge >= 0.3 is 0 Å².